The van der Waals surface area contributed by atoms with E-state index < -0.39 is 0 Å². The maximum atomic E-state index is 6.48. The molecule has 2 rings (SSSR count). The molecule has 1 unspecified atom stereocenters. The van der Waals surface area contributed by atoms with Crippen molar-refractivity contribution in [1.29, 1.82) is 0 Å². The first kappa shape index (κ1) is 12.8. The third-order valence-corrected chi connectivity index (χ3v) is 3.34. The predicted octanol–water partition coefficient (Wildman–Crippen LogP) is 2.63. The largest absolute Gasteiger partial charge is 0.321 e. The van der Waals surface area contributed by atoms with E-state index in [9.17, 15) is 0 Å². The van der Waals surface area contributed by atoms with Crippen molar-refractivity contribution in [2.45, 2.75) is 39.3 Å². The van der Waals surface area contributed by atoms with Gasteiger partial charge >= 0.3 is 0 Å². The van der Waals surface area contributed by atoms with E-state index in [2.05, 4.69) is 44.2 Å². The van der Waals surface area contributed by atoms with E-state index in [0.717, 1.165) is 13.0 Å². The molecule has 0 amide bonds. The van der Waals surface area contributed by atoms with Gasteiger partial charge in [0.2, 0.25) is 0 Å². The summed E-state index contributed by atoms with van der Waals surface area (Å²) in [5.74, 6) is 0. The molecule has 1 aromatic carbocycles. The van der Waals surface area contributed by atoms with Crippen molar-refractivity contribution < 1.29 is 0 Å². The Kier molecular flexibility index (Phi) is 3.53. The van der Waals surface area contributed by atoms with E-state index in [1.165, 1.54) is 16.7 Å². The standard InChI is InChI=1S/C15H21N3/c1-4-18-11-13(10-17-18)9-15(3,16)14-8-6-5-7-12(14)2/h5-8,10-11H,4,9,16H2,1-3H3. The minimum atomic E-state index is -0.354. The van der Waals surface area contributed by atoms with Gasteiger partial charge in [0.05, 0.1) is 6.20 Å². The zero-order valence-corrected chi connectivity index (χ0v) is 11.4. The molecule has 0 aliphatic heterocycles. The van der Waals surface area contributed by atoms with Gasteiger partial charge in [0, 0.05) is 18.3 Å². The number of hydrogen-bond donors (Lipinski definition) is 1. The Morgan fingerprint density at radius 2 is 2.06 bits per heavy atom. The summed E-state index contributed by atoms with van der Waals surface area (Å²) in [6.07, 6.45) is 4.79. The SMILES string of the molecule is CCn1cc(CC(C)(N)c2ccccc2C)cn1. The van der Waals surface area contributed by atoms with Crippen LogP contribution >= 0.6 is 0 Å². The average molecular weight is 243 g/mol. The Labute approximate surface area is 109 Å². The van der Waals surface area contributed by atoms with Gasteiger partial charge in [-0.1, -0.05) is 24.3 Å². The lowest BCUT2D eigenvalue weighted by molar-refractivity contribution is 0.488. The zero-order valence-electron chi connectivity index (χ0n) is 11.4. The Morgan fingerprint density at radius 3 is 2.67 bits per heavy atom. The second-order valence-corrected chi connectivity index (χ2v) is 5.11. The molecule has 0 saturated heterocycles. The minimum Gasteiger partial charge on any atom is -0.321 e. The highest BCUT2D eigenvalue weighted by Crippen LogP contribution is 2.25. The molecule has 0 saturated carbocycles. The second kappa shape index (κ2) is 4.94. The van der Waals surface area contributed by atoms with Crippen molar-refractivity contribution in [2.75, 3.05) is 0 Å². The highest BCUT2D eigenvalue weighted by atomic mass is 15.3. The number of hydrogen-bond acceptors (Lipinski definition) is 2. The summed E-state index contributed by atoms with van der Waals surface area (Å²) in [7, 11) is 0. The number of aromatic nitrogens is 2. The summed E-state index contributed by atoms with van der Waals surface area (Å²) in [5, 5.41) is 4.30. The molecule has 96 valence electrons. The fourth-order valence-electron chi connectivity index (χ4n) is 2.40. The van der Waals surface area contributed by atoms with Crippen molar-refractivity contribution in [2.24, 2.45) is 5.73 Å². The van der Waals surface area contributed by atoms with E-state index in [1.54, 1.807) is 0 Å². The van der Waals surface area contributed by atoms with E-state index in [0.29, 0.717) is 0 Å². The van der Waals surface area contributed by atoms with Crippen molar-refractivity contribution >= 4 is 0 Å². The number of nitrogens with zero attached hydrogens (tertiary/aromatic N) is 2. The molecule has 0 radical (unpaired) electrons. The molecule has 1 atom stereocenters. The second-order valence-electron chi connectivity index (χ2n) is 5.11. The Bertz CT molecular complexity index is 526. The molecule has 2 N–H and O–H groups in total. The van der Waals surface area contributed by atoms with Crippen molar-refractivity contribution in [1.82, 2.24) is 9.78 Å². The predicted molar refractivity (Wildman–Crippen MR) is 74.3 cm³/mol. The summed E-state index contributed by atoms with van der Waals surface area (Å²) >= 11 is 0. The quantitative estimate of drug-likeness (QED) is 0.897. The van der Waals surface area contributed by atoms with Gasteiger partial charge < -0.3 is 5.73 Å². The third kappa shape index (κ3) is 2.62. The van der Waals surface area contributed by atoms with Crippen LogP contribution in [0.3, 0.4) is 0 Å². The van der Waals surface area contributed by atoms with Gasteiger partial charge in [-0.15, -0.1) is 0 Å². The average Bonchev–Trinajstić information content (AvgIpc) is 2.76. The lowest BCUT2D eigenvalue weighted by Crippen LogP contribution is -2.36. The monoisotopic (exact) mass is 243 g/mol. The van der Waals surface area contributed by atoms with Crippen LogP contribution in [0.1, 0.15) is 30.5 Å². The van der Waals surface area contributed by atoms with Crippen LogP contribution < -0.4 is 5.73 Å². The van der Waals surface area contributed by atoms with E-state index in [-0.39, 0.29) is 5.54 Å². The van der Waals surface area contributed by atoms with Crippen molar-refractivity contribution in [3.8, 4) is 0 Å². The smallest absolute Gasteiger partial charge is 0.0522 e. The maximum absolute atomic E-state index is 6.48. The van der Waals surface area contributed by atoms with Crippen LogP contribution in [-0.4, -0.2) is 9.78 Å². The normalized spacial score (nSPS) is 14.4. The minimum absolute atomic E-state index is 0.354. The zero-order chi connectivity index (χ0) is 13.2. The molecule has 18 heavy (non-hydrogen) atoms. The topological polar surface area (TPSA) is 43.8 Å². The van der Waals surface area contributed by atoms with Crippen molar-refractivity contribution in [3.63, 3.8) is 0 Å². The highest BCUT2D eigenvalue weighted by Gasteiger charge is 2.23. The summed E-state index contributed by atoms with van der Waals surface area (Å²) in [4.78, 5) is 0. The molecule has 3 nitrogen and oxygen atoms in total. The molecule has 0 aliphatic carbocycles. The molecule has 0 bridgehead atoms. The van der Waals surface area contributed by atoms with Gasteiger partial charge in [-0.3, -0.25) is 4.68 Å². The van der Waals surface area contributed by atoms with Gasteiger partial charge in [-0.25, -0.2) is 0 Å². The molecule has 2 aromatic rings. The van der Waals surface area contributed by atoms with Gasteiger partial charge in [-0.2, -0.15) is 5.10 Å². The summed E-state index contributed by atoms with van der Waals surface area (Å²) < 4.78 is 1.93. The number of rotatable bonds is 4. The molecule has 0 aliphatic rings. The Balaban J connectivity index is 2.24. The number of benzene rings is 1. The molecule has 1 aromatic heterocycles. The first-order valence-electron chi connectivity index (χ1n) is 6.39. The Morgan fingerprint density at radius 1 is 1.33 bits per heavy atom. The van der Waals surface area contributed by atoms with E-state index in [1.807, 2.05) is 23.0 Å². The fraction of sp³-hybridized carbons (Fsp3) is 0.400. The van der Waals surface area contributed by atoms with Crippen LogP contribution in [0, 0.1) is 6.92 Å². The molecular formula is C15H21N3. The molecule has 0 fully saturated rings. The van der Waals surface area contributed by atoms with Gasteiger partial charge in [-0.05, 0) is 43.9 Å². The number of aryl methyl sites for hydroxylation is 2. The highest BCUT2D eigenvalue weighted by molar-refractivity contribution is 5.33. The summed E-state index contributed by atoms with van der Waals surface area (Å²) in [6, 6.07) is 8.31. The maximum Gasteiger partial charge on any atom is 0.0522 e. The van der Waals surface area contributed by atoms with Gasteiger partial charge in [0.25, 0.3) is 0 Å². The molecular weight excluding hydrogens is 222 g/mol. The molecule has 1 heterocycles. The first-order valence-corrected chi connectivity index (χ1v) is 6.39. The summed E-state index contributed by atoms with van der Waals surface area (Å²) in [5.41, 5.74) is 9.76. The number of nitrogens with two attached hydrogens (primary N) is 1. The van der Waals surface area contributed by atoms with Crippen LogP contribution in [0.25, 0.3) is 0 Å². The first-order chi connectivity index (χ1) is 8.53. The van der Waals surface area contributed by atoms with Crippen LogP contribution in [0.2, 0.25) is 0 Å². The van der Waals surface area contributed by atoms with E-state index in [4.69, 9.17) is 5.73 Å². The summed E-state index contributed by atoms with van der Waals surface area (Å²) in [6.45, 7) is 7.17. The lowest BCUT2D eigenvalue weighted by atomic mass is 9.85. The van der Waals surface area contributed by atoms with Crippen LogP contribution in [0.15, 0.2) is 36.7 Å². The van der Waals surface area contributed by atoms with Crippen LogP contribution in [-0.2, 0) is 18.5 Å². The van der Waals surface area contributed by atoms with Crippen LogP contribution in [0.4, 0.5) is 0 Å². The lowest BCUT2D eigenvalue weighted by Gasteiger charge is -2.26. The molecule has 3 heteroatoms. The fourth-order valence-corrected chi connectivity index (χ4v) is 2.40. The van der Waals surface area contributed by atoms with Crippen molar-refractivity contribution in [3.05, 3.63) is 53.3 Å². The van der Waals surface area contributed by atoms with E-state index >= 15 is 0 Å². The van der Waals surface area contributed by atoms with Gasteiger partial charge in [0.1, 0.15) is 0 Å². The van der Waals surface area contributed by atoms with Crippen LogP contribution in [0.5, 0.6) is 0 Å². The third-order valence-electron chi connectivity index (χ3n) is 3.34. The molecule has 0 spiro atoms. The Hall–Kier alpha value is -1.61. The van der Waals surface area contributed by atoms with Gasteiger partial charge in [0.15, 0.2) is 0 Å².